The fourth-order valence-corrected chi connectivity index (χ4v) is 2.74. The molecule has 0 aliphatic rings. The van der Waals surface area contributed by atoms with E-state index in [-0.39, 0.29) is 17.0 Å². The number of thioether (sulfide) groups is 1. The first-order valence-corrected chi connectivity index (χ1v) is 7.95. The molecule has 5 heteroatoms. The van der Waals surface area contributed by atoms with E-state index in [1.807, 2.05) is 25.1 Å². The van der Waals surface area contributed by atoms with Crippen LogP contribution in [0.1, 0.15) is 12.5 Å². The van der Waals surface area contributed by atoms with Gasteiger partial charge in [-0.15, -0.1) is 11.8 Å². The number of para-hydroxylation sites is 2. The fourth-order valence-electron chi connectivity index (χ4n) is 1.91. The van der Waals surface area contributed by atoms with Crippen molar-refractivity contribution in [2.45, 2.75) is 17.9 Å². The maximum Gasteiger partial charge on any atom is 0.237 e. The third-order valence-electron chi connectivity index (χ3n) is 3.12. The summed E-state index contributed by atoms with van der Waals surface area (Å²) in [6, 6.07) is 13.7. The number of ether oxygens (including phenoxy) is 1. The number of carbonyl (C=O) groups is 1. The van der Waals surface area contributed by atoms with Gasteiger partial charge in [-0.1, -0.05) is 24.3 Å². The summed E-state index contributed by atoms with van der Waals surface area (Å²) < 4.78 is 18.3. The lowest BCUT2D eigenvalue weighted by Crippen LogP contribution is -2.22. The van der Waals surface area contributed by atoms with Gasteiger partial charge in [0.2, 0.25) is 5.91 Å². The van der Waals surface area contributed by atoms with Gasteiger partial charge in [0.25, 0.3) is 0 Å². The van der Waals surface area contributed by atoms with E-state index in [1.165, 1.54) is 23.9 Å². The largest absolute Gasteiger partial charge is 0.495 e. The molecule has 0 aromatic heterocycles. The molecule has 0 aliphatic carbocycles. The second-order valence-corrected chi connectivity index (χ2v) is 6.10. The molecule has 1 amide bonds. The van der Waals surface area contributed by atoms with Gasteiger partial charge < -0.3 is 10.1 Å². The van der Waals surface area contributed by atoms with E-state index in [0.717, 1.165) is 5.56 Å². The van der Waals surface area contributed by atoms with Gasteiger partial charge in [0.1, 0.15) is 11.6 Å². The Hall–Kier alpha value is -2.01. The van der Waals surface area contributed by atoms with Gasteiger partial charge in [-0.05, 0) is 36.8 Å². The molecule has 0 saturated heterocycles. The number of carbonyl (C=O) groups excluding carboxylic acids is 1. The summed E-state index contributed by atoms with van der Waals surface area (Å²) in [6.07, 6.45) is 0. The first-order valence-electron chi connectivity index (χ1n) is 6.90. The van der Waals surface area contributed by atoms with E-state index in [2.05, 4.69) is 5.32 Å². The summed E-state index contributed by atoms with van der Waals surface area (Å²) in [5.41, 5.74) is 1.51. The smallest absolute Gasteiger partial charge is 0.237 e. The van der Waals surface area contributed by atoms with E-state index in [9.17, 15) is 9.18 Å². The third kappa shape index (κ3) is 4.49. The van der Waals surface area contributed by atoms with E-state index in [0.29, 0.717) is 17.2 Å². The second kappa shape index (κ2) is 7.84. The first-order chi connectivity index (χ1) is 10.6. The maximum atomic E-state index is 13.1. The van der Waals surface area contributed by atoms with Crippen LogP contribution in [0.25, 0.3) is 0 Å². The van der Waals surface area contributed by atoms with Gasteiger partial charge in [0.05, 0.1) is 18.0 Å². The molecule has 2 aromatic carbocycles. The molecule has 0 unspecified atom stereocenters. The molecule has 0 bridgehead atoms. The lowest BCUT2D eigenvalue weighted by atomic mass is 10.2. The molecule has 1 atom stereocenters. The van der Waals surface area contributed by atoms with Crippen molar-refractivity contribution in [2.24, 2.45) is 0 Å². The number of amides is 1. The van der Waals surface area contributed by atoms with Crippen molar-refractivity contribution in [1.82, 2.24) is 0 Å². The summed E-state index contributed by atoms with van der Waals surface area (Å²) in [4.78, 5) is 12.2. The Morgan fingerprint density at radius 3 is 2.77 bits per heavy atom. The quantitative estimate of drug-likeness (QED) is 0.871. The number of nitrogens with one attached hydrogen (secondary N) is 1. The first kappa shape index (κ1) is 16.4. The molecule has 0 saturated carbocycles. The van der Waals surface area contributed by atoms with Crippen LogP contribution in [0.4, 0.5) is 10.1 Å². The number of methoxy groups -OCH3 is 1. The highest BCUT2D eigenvalue weighted by molar-refractivity contribution is 7.99. The van der Waals surface area contributed by atoms with Crippen LogP contribution in [0.15, 0.2) is 48.5 Å². The molecule has 2 aromatic rings. The van der Waals surface area contributed by atoms with Crippen LogP contribution >= 0.6 is 11.8 Å². The van der Waals surface area contributed by atoms with Crippen molar-refractivity contribution in [1.29, 1.82) is 0 Å². The molecule has 0 aliphatic heterocycles. The number of anilines is 1. The van der Waals surface area contributed by atoms with E-state index < -0.39 is 0 Å². The lowest BCUT2D eigenvalue weighted by molar-refractivity contribution is -0.115. The molecule has 0 fully saturated rings. The number of rotatable bonds is 6. The van der Waals surface area contributed by atoms with Crippen molar-refractivity contribution in [3.8, 4) is 5.75 Å². The summed E-state index contributed by atoms with van der Waals surface area (Å²) in [5, 5.41) is 2.59. The summed E-state index contributed by atoms with van der Waals surface area (Å²) in [6.45, 7) is 1.83. The van der Waals surface area contributed by atoms with Crippen LogP contribution in [0.2, 0.25) is 0 Å². The summed E-state index contributed by atoms with van der Waals surface area (Å²) in [5.74, 6) is 0.839. The van der Waals surface area contributed by atoms with E-state index >= 15 is 0 Å². The minimum atomic E-state index is -0.260. The van der Waals surface area contributed by atoms with E-state index in [4.69, 9.17) is 4.74 Å². The summed E-state index contributed by atoms with van der Waals surface area (Å²) >= 11 is 1.46. The molecular weight excluding hydrogens is 301 g/mol. The van der Waals surface area contributed by atoms with Gasteiger partial charge in [-0.2, -0.15) is 0 Å². The monoisotopic (exact) mass is 319 g/mol. The zero-order chi connectivity index (χ0) is 15.9. The van der Waals surface area contributed by atoms with Crippen molar-refractivity contribution >= 4 is 23.4 Å². The summed E-state index contributed by atoms with van der Waals surface area (Å²) in [7, 11) is 1.56. The van der Waals surface area contributed by atoms with Gasteiger partial charge in [-0.3, -0.25) is 4.79 Å². The van der Waals surface area contributed by atoms with Gasteiger partial charge in [0, 0.05) is 5.75 Å². The predicted octanol–water partition coefficient (Wildman–Crippen LogP) is 4.09. The SMILES string of the molecule is COc1ccccc1NC(=O)[C@@H](C)SCc1cccc(F)c1. The Kier molecular flexibility index (Phi) is 5.83. The number of halogens is 1. The molecule has 1 N–H and O–H groups in total. The highest BCUT2D eigenvalue weighted by Gasteiger charge is 2.15. The Labute approximate surface area is 133 Å². The zero-order valence-corrected chi connectivity index (χ0v) is 13.3. The van der Waals surface area contributed by atoms with Crippen LogP contribution in [-0.2, 0) is 10.5 Å². The van der Waals surface area contributed by atoms with Crippen molar-refractivity contribution in [3.63, 3.8) is 0 Å². The molecule has 3 nitrogen and oxygen atoms in total. The minimum absolute atomic E-state index is 0.106. The minimum Gasteiger partial charge on any atom is -0.495 e. The standard InChI is InChI=1S/C17H18FNO2S/c1-12(22-11-13-6-5-7-14(18)10-13)17(20)19-15-8-3-4-9-16(15)21-2/h3-10,12H,11H2,1-2H3,(H,19,20)/t12-/m1/s1. The fraction of sp³-hybridized carbons (Fsp3) is 0.235. The molecule has 22 heavy (non-hydrogen) atoms. The second-order valence-electron chi connectivity index (χ2n) is 4.77. The highest BCUT2D eigenvalue weighted by Crippen LogP contribution is 2.25. The van der Waals surface area contributed by atoms with E-state index in [1.54, 1.807) is 25.3 Å². The average Bonchev–Trinajstić information content (AvgIpc) is 2.53. The lowest BCUT2D eigenvalue weighted by Gasteiger charge is -2.14. The third-order valence-corrected chi connectivity index (χ3v) is 4.34. The molecule has 0 spiro atoms. The molecule has 116 valence electrons. The Morgan fingerprint density at radius 1 is 1.27 bits per heavy atom. The zero-order valence-electron chi connectivity index (χ0n) is 12.5. The van der Waals surface area contributed by atoms with Crippen LogP contribution < -0.4 is 10.1 Å². The van der Waals surface area contributed by atoms with Crippen molar-refractivity contribution in [2.75, 3.05) is 12.4 Å². The predicted molar refractivity (Wildman–Crippen MR) is 88.8 cm³/mol. The highest BCUT2D eigenvalue weighted by atomic mass is 32.2. The van der Waals surface area contributed by atoms with Crippen LogP contribution in [-0.4, -0.2) is 18.3 Å². The molecule has 0 heterocycles. The van der Waals surface area contributed by atoms with Gasteiger partial charge >= 0.3 is 0 Å². The normalized spacial score (nSPS) is 11.8. The van der Waals surface area contributed by atoms with Gasteiger partial charge in [0.15, 0.2) is 0 Å². The van der Waals surface area contributed by atoms with Crippen molar-refractivity contribution in [3.05, 3.63) is 59.9 Å². The van der Waals surface area contributed by atoms with Crippen LogP contribution in [0, 0.1) is 5.82 Å². The molecule has 2 rings (SSSR count). The number of benzene rings is 2. The molecular formula is C17H18FNO2S. The average molecular weight is 319 g/mol. The van der Waals surface area contributed by atoms with Crippen LogP contribution in [0.3, 0.4) is 0 Å². The Morgan fingerprint density at radius 2 is 2.05 bits per heavy atom. The van der Waals surface area contributed by atoms with Crippen LogP contribution in [0.5, 0.6) is 5.75 Å². The van der Waals surface area contributed by atoms with Gasteiger partial charge in [-0.25, -0.2) is 4.39 Å². The Bertz CT molecular complexity index is 648. The number of hydrogen-bond acceptors (Lipinski definition) is 3. The van der Waals surface area contributed by atoms with Crippen molar-refractivity contribution < 1.29 is 13.9 Å². The Balaban J connectivity index is 1.92. The molecule has 0 radical (unpaired) electrons. The maximum absolute atomic E-state index is 13.1. The number of hydrogen-bond donors (Lipinski definition) is 1. The topological polar surface area (TPSA) is 38.3 Å².